The molecular formula is C5H11N3O. The zero-order chi connectivity index (χ0) is 6.69. The zero-order valence-electron chi connectivity index (χ0n) is 5.18. The molecular weight excluding hydrogens is 118 g/mol. The molecule has 0 spiro atoms. The molecule has 1 unspecified atom stereocenters. The Morgan fingerprint density at radius 3 is 3.00 bits per heavy atom. The maximum Gasteiger partial charge on any atom is 0.234 e. The minimum atomic E-state index is 0.0386. The fraction of sp³-hybridized carbons (Fsp3) is 0.800. The summed E-state index contributed by atoms with van der Waals surface area (Å²) >= 11 is 0. The van der Waals surface area contributed by atoms with Gasteiger partial charge in [0.1, 0.15) is 0 Å². The molecule has 0 bridgehead atoms. The third kappa shape index (κ3) is 1.65. The number of piperazine rings is 1. The average Bonchev–Trinajstić information content (AvgIpc) is 1.88. The molecule has 52 valence electrons. The highest BCUT2D eigenvalue weighted by atomic mass is 16.2. The number of carbonyl (C=O) groups excluding carboxylic acids is 1. The van der Waals surface area contributed by atoms with Crippen LogP contribution in [0.25, 0.3) is 0 Å². The molecule has 0 radical (unpaired) electrons. The van der Waals surface area contributed by atoms with Crippen molar-refractivity contribution in [3.63, 3.8) is 0 Å². The van der Waals surface area contributed by atoms with Crippen LogP contribution in [0.15, 0.2) is 0 Å². The molecule has 1 amide bonds. The van der Waals surface area contributed by atoms with Crippen LogP contribution in [-0.4, -0.2) is 31.6 Å². The zero-order valence-corrected chi connectivity index (χ0v) is 5.18. The smallest absolute Gasteiger partial charge is 0.234 e. The lowest BCUT2D eigenvalue weighted by Gasteiger charge is -2.22. The minimum Gasteiger partial charge on any atom is -0.350 e. The van der Waals surface area contributed by atoms with Gasteiger partial charge >= 0.3 is 0 Å². The van der Waals surface area contributed by atoms with Gasteiger partial charge in [-0.1, -0.05) is 0 Å². The van der Waals surface area contributed by atoms with Crippen LogP contribution >= 0.6 is 0 Å². The Morgan fingerprint density at radius 2 is 2.56 bits per heavy atom. The van der Waals surface area contributed by atoms with E-state index in [1.165, 1.54) is 0 Å². The number of rotatable bonds is 1. The first-order chi connectivity index (χ1) is 4.33. The Morgan fingerprint density at radius 1 is 1.78 bits per heavy atom. The molecule has 0 aromatic rings. The maximum absolute atomic E-state index is 10.6. The van der Waals surface area contributed by atoms with Crippen LogP contribution < -0.4 is 16.4 Å². The van der Waals surface area contributed by atoms with E-state index < -0.39 is 0 Å². The van der Waals surface area contributed by atoms with Gasteiger partial charge in [-0.3, -0.25) is 4.79 Å². The topological polar surface area (TPSA) is 67.1 Å². The number of hydrogen-bond acceptors (Lipinski definition) is 3. The Labute approximate surface area is 53.8 Å². The van der Waals surface area contributed by atoms with E-state index in [9.17, 15) is 4.79 Å². The molecule has 4 N–H and O–H groups in total. The van der Waals surface area contributed by atoms with E-state index in [1.54, 1.807) is 0 Å². The lowest BCUT2D eigenvalue weighted by molar-refractivity contribution is -0.122. The van der Waals surface area contributed by atoms with Crippen molar-refractivity contribution < 1.29 is 4.79 Å². The van der Waals surface area contributed by atoms with Crippen LogP contribution in [0.4, 0.5) is 0 Å². The van der Waals surface area contributed by atoms with Crippen molar-refractivity contribution in [1.29, 1.82) is 0 Å². The Kier molecular flexibility index (Phi) is 2.02. The largest absolute Gasteiger partial charge is 0.350 e. The standard InChI is InChI=1S/C5H11N3O/c6-1-4-2-7-3-5(9)8-4/h4,7H,1-3,6H2,(H,8,9). The van der Waals surface area contributed by atoms with E-state index in [-0.39, 0.29) is 11.9 Å². The van der Waals surface area contributed by atoms with Crippen molar-refractivity contribution in [3.05, 3.63) is 0 Å². The van der Waals surface area contributed by atoms with Crippen molar-refractivity contribution in [2.24, 2.45) is 5.73 Å². The predicted molar refractivity (Wildman–Crippen MR) is 33.9 cm³/mol. The first-order valence-electron chi connectivity index (χ1n) is 3.03. The van der Waals surface area contributed by atoms with Crippen LogP contribution in [0.2, 0.25) is 0 Å². The van der Waals surface area contributed by atoms with E-state index in [1.807, 2.05) is 0 Å². The molecule has 1 aliphatic heterocycles. The summed E-state index contributed by atoms with van der Waals surface area (Å²) in [5.41, 5.74) is 5.31. The summed E-state index contributed by atoms with van der Waals surface area (Å²) in [6.07, 6.45) is 0. The third-order valence-corrected chi connectivity index (χ3v) is 1.33. The first kappa shape index (κ1) is 6.51. The van der Waals surface area contributed by atoms with Gasteiger partial charge in [0, 0.05) is 13.1 Å². The molecule has 9 heavy (non-hydrogen) atoms. The molecule has 4 nitrogen and oxygen atoms in total. The van der Waals surface area contributed by atoms with Gasteiger partial charge in [0.15, 0.2) is 0 Å². The van der Waals surface area contributed by atoms with E-state index in [4.69, 9.17) is 5.73 Å². The van der Waals surface area contributed by atoms with Crippen molar-refractivity contribution >= 4 is 5.91 Å². The van der Waals surface area contributed by atoms with E-state index in [0.29, 0.717) is 13.1 Å². The Balaban J connectivity index is 2.32. The monoisotopic (exact) mass is 129 g/mol. The highest BCUT2D eigenvalue weighted by Gasteiger charge is 2.14. The van der Waals surface area contributed by atoms with Crippen molar-refractivity contribution in [2.45, 2.75) is 6.04 Å². The summed E-state index contributed by atoms with van der Waals surface area (Å²) in [6, 6.07) is 0.131. The fourth-order valence-corrected chi connectivity index (χ4v) is 0.832. The molecule has 1 saturated heterocycles. The Bertz CT molecular complexity index is 115. The second-order valence-electron chi connectivity index (χ2n) is 2.13. The molecule has 0 aliphatic carbocycles. The van der Waals surface area contributed by atoms with Crippen molar-refractivity contribution in [3.8, 4) is 0 Å². The van der Waals surface area contributed by atoms with Gasteiger partial charge in [-0.2, -0.15) is 0 Å². The van der Waals surface area contributed by atoms with Gasteiger partial charge in [-0.05, 0) is 0 Å². The Hall–Kier alpha value is -0.610. The summed E-state index contributed by atoms with van der Waals surface area (Å²) in [6.45, 7) is 1.73. The molecule has 1 aliphatic rings. The SMILES string of the molecule is NCC1CNCC(=O)N1. The summed E-state index contributed by atoms with van der Waals surface area (Å²) in [5.74, 6) is 0.0386. The van der Waals surface area contributed by atoms with Crippen LogP contribution in [0.5, 0.6) is 0 Å². The number of nitrogens with two attached hydrogens (primary N) is 1. The lowest BCUT2D eigenvalue weighted by atomic mass is 10.2. The molecule has 0 aromatic heterocycles. The van der Waals surface area contributed by atoms with Gasteiger partial charge < -0.3 is 16.4 Å². The van der Waals surface area contributed by atoms with Crippen molar-refractivity contribution in [1.82, 2.24) is 10.6 Å². The number of amides is 1. The average molecular weight is 129 g/mol. The molecule has 1 fully saturated rings. The van der Waals surface area contributed by atoms with Gasteiger partial charge in [0.2, 0.25) is 5.91 Å². The second-order valence-corrected chi connectivity index (χ2v) is 2.13. The summed E-state index contributed by atoms with van der Waals surface area (Å²) in [4.78, 5) is 10.6. The highest BCUT2D eigenvalue weighted by molar-refractivity contribution is 5.79. The van der Waals surface area contributed by atoms with Crippen LogP contribution in [0.3, 0.4) is 0 Å². The quantitative estimate of drug-likeness (QED) is 0.385. The highest BCUT2D eigenvalue weighted by Crippen LogP contribution is 1.83. The fourth-order valence-electron chi connectivity index (χ4n) is 0.832. The second kappa shape index (κ2) is 2.80. The van der Waals surface area contributed by atoms with Gasteiger partial charge in [-0.25, -0.2) is 0 Å². The number of hydrogen-bond donors (Lipinski definition) is 3. The van der Waals surface area contributed by atoms with Gasteiger partial charge in [-0.15, -0.1) is 0 Å². The van der Waals surface area contributed by atoms with Gasteiger partial charge in [0.25, 0.3) is 0 Å². The first-order valence-corrected chi connectivity index (χ1v) is 3.03. The molecule has 4 heteroatoms. The molecule has 0 aromatic carbocycles. The van der Waals surface area contributed by atoms with Crippen molar-refractivity contribution in [2.75, 3.05) is 19.6 Å². The third-order valence-electron chi connectivity index (χ3n) is 1.33. The van der Waals surface area contributed by atoms with Crippen LogP contribution in [-0.2, 0) is 4.79 Å². The van der Waals surface area contributed by atoms with E-state index in [2.05, 4.69) is 10.6 Å². The lowest BCUT2D eigenvalue weighted by Crippen LogP contribution is -2.54. The van der Waals surface area contributed by atoms with Crippen LogP contribution in [0, 0.1) is 0 Å². The molecule has 0 saturated carbocycles. The molecule has 1 heterocycles. The summed E-state index contributed by atoms with van der Waals surface area (Å²) < 4.78 is 0. The minimum absolute atomic E-state index is 0.0386. The summed E-state index contributed by atoms with van der Waals surface area (Å²) in [5, 5.41) is 5.68. The number of carbonyl (C=O) groups is 1. The van der Waals surface area contributed by atoms with E-state index >= 15 is 0 Å². The van der Waals surface area contributed by atoms with Gasteiger partial charge in [0.05, 0.1) is 12.6 Å². The van der Waals surface area contributed by atoms with Crippen LogP contribution in [0.1, 0.15) is 0 Å². The molecule has 1 rings (SSSR count). The van der Waals surface area contributed by atoms with E-state index in [0.717, 1.165) is 6.54 Å². The maximum atomic E-state index is 10.6. The summed E-state index contributed by atoms with van der Waals surface area (Å²) in [7, 11) is 0. The number of nitrogens with one attached hydrogen (secondary N) is 2. The predicted octanol–water partition coefficient (Wildman–Crippen LogP) is -1.97. The molecule has 1 atom stereocenters. The normalized spacial score (nSPS) is 27.7.